The predicted molar refractivity (Wildman–Crippen MR) is 79.7 cm³/mol. The summed E-state index contributed by atoms with van der Waals surface area (Å²) in [7, 11) is 0. The number of hydrogen-bond donors (Lipinski definition) is 1. The minimum atomic E-state index is -0.0874. The molecular formula is C15H15ClN2O. The molecule has 0 radical (unpaired) electrons. The molecule has 2 aromatic carbocycles. The summed E-state index contributed by atoms with van der Waals surface area (Å²) in [5.41, 5.74) is 7.74. The van der Waals surface area contributed by atoms with E-state index in [1.807, 2.05) is 19.1 Å². The van der Waals surface area contributed by atoms with E-state index in [-0.39, 0.29) is 5.91 Å². The lowest BCUT2D eigenvalue weighted by Gasteiger charge is -2.21. The summed E-state index contributed by atoms with van der Waals surface area (Å²) in [6.07, 6.45) is 0. The van der Waals surface area contributed by atoms with Crippen LogP contribution < -0.4 is 10.6 Å². The number of nitrogens with two attached hydrogens (primary N) is 1. The van der Waals surface area contributed by atoms with Gasteiger partial charge in [0.2, 0.25) is 0 Å². The van der Waals surface area contributed by atoms with Crippen molar-refractivity contribution in [3.8, 4) is 0 Å². The summed E-state index contributed by atoms with van der Waals surface area (Å²) in [5.74, 6) is -0.0874. The first-order chi connectivity index (χ1) is 9.11. The molecule has 2 N–H and O–H groups in total. The fourth-order valence-corrected chi connectivity index (χ4v) is 2.10. The second-order valence-electron chi connectivity index (χ2n) is 4.15. The van der Waals surface area contributed by atoms with Gasteiger partial charge in [-0.25, -0.2) is 0 Å². The Morgan fingerprint density at radius 1 is 1.21 bits per heavy atom. The lowest BCUT2D eigenvalue weighted by atomic mass is 10.1. The third-order valence-electron chi connectivity index (χ3n) is 2.81. The maximum Gasteiger partial charge on any atom is 0.258 e. The van der Waals surface area contributed by atoms with Crippen molar-refractivity contribution in [1.82, 2.24) is 0 Å². The quantitative estimate of drug-likeness (QED) is 0.870. The molecule has 2 aromatic rings. The molecule has 0 aromatic heterocycles. The molecule has 2 rings (SSSR count). The van der Waals surface area contributed by atoms with E-state index in [2.05, 4.69) is 0 Å². The minimum absolute atomic E-state index is 0.0874. The maximum atomic E-state index is 12.5. The van der Waals surface area contributed by atoms with Crippen LogP contribution in [0.15, 0.2) is 48.5 Å². The second kappa shape index (κ2) is 5.76. The number of carbonyl (C=O) groups is 1. The highest BCUT2D eigenvalue weighted by Gasteiger charge is 2.16. The smallest absolute Gasteiger partial charge is 0.258 e. The van der Waals surface area contributed by atoms with E-state index in [1.165, 1.54) is 0 Å². The van der Waals surface area contributed by atoms with Crippen molar-refractivity contribution in [1.29, 1.82) is 0 Å². The molecule has 0 atom stereocenters. The Kier molecular flexibility index (Phi) is 4.07. The van der Waals surface area contributed by atoms with Gasteiger partial charge in [-0.1, -0.05) is 23.7 Å². The minimum Gasteiger partial charge on any atom is -0.399 e. The number of rotatable bonds is 3. The van der Waals surface area contributed by atoms with Gasteiger partial charge < -0.3 is 10.6 Å². The standard InChI is InChI=1S/C15H15ClN2O/c1-2-18(14-8-4-7-13(17)10-14)15(19)11-5-3-6-12(16)9-11/h3-10H,2,17H2,1H3. The summed E-state index contributed by atoms with van der Waals surface area (Å²) in [6.45, 7) is 2.49. The number of hydrogen-bond acceptors (Lipinski definition) is 2. The lowest BCUT2D eigenvalue weighted by Crippen LogP contribution is -2.30. The normalized spacial score (nSPS) is 10.2. The topological polar surface area (TPSA) is 46.3 Å². The van der Waals surface area contributed by atoms with Crippen molar-refractivity contribution >= 4 is 28.9 Å². The number of anilines is 2. The number of benzene rings is 2. The van der Waals surface area contributed by atoms with Crippen LogP contribution in [-0.2, 0) is 0 Å². The molecule has 0 aliphatic heterocycles. The van der Waals surface area contributed by atoms with Crippen LogP contribution in [0.2, 0.25) is 5.02 Å². The Labute approximate surface area is 117 Å². The molecule has 0 bridgehead atoms. The highest BCUT2D eigenvalue weighted by Crippen LogP contribution is 2.21. The highest BCUT2D eigenvalue weighted by atomic mass is 35.5. The van der Waals surface area contributed by atoms with Crippen LogP contribution in [0.25, 0.3) is 0 Å². The van der Waals surface area contributed by atoms with Crippen LogP contribution in [0.4, 0.5) is 11.4 Å². The van der Waals surface area contributed by atoms with Gasteiger partial charge >= 0.3 is 0 Å². The first kappa shape index (κ1) is 13.4. The van der Waals surface area contributed by atoms with Crippen LogP contribution in [0.1, 0.15) is 17.3 Å². The molecular weight excluding hydrogens is 260 g/mol. The molecule has 0 spiro atoms. The molecule has 98 valence electrons. The fraction of sp³-hybridized carbons (Fsp3) is 0.133. The van der Waals surface area contributed by atoms with Crippen LogP contribution in [0, 0.1) is 0 Å². The largest absolute Gasteiger partial charge is 0.399 e. The summed E-state index contributed by atoms with van der Waals surface area (Å²) in [6, 6.07) is 14.2. The molecule has 0 aliphatic rings. The predicted octanol–water partition coefficient (Wildman–Crippen LogP) is 3.59. The van der Waals surface area contributed by atoms with E-state index in [1.54, 1.807) is 41.3 Å². The molecule has 3 nitrogen and oxygen atoms in total. The first-order valence-corrected chi connectivity index (χ1v) is 6.42. The average Bonchev–Trinajstić information content (AvgIpc) is 2.39. The van der Waals surface area contributed by atoms with Gasteiger partial charge in [-0.05, 0) is 43.3 Å². The lowest BCUT2D eigenvalue weighted by molar-refractivity contribution is 0.0988. The van der Waals surface area contributed by atoms with E-state index >= 15 is 0 Å². The van der Waals surface area contributed by atoms with E-state index < -0.39 is 0 Å². The van der Waals surface area contributed by atoms with Crippen molar-refractivity contribution in [3.05, 3.63) is 59.1 Å². The van der Waals surface area contributed by atoms with Crippen LogP contribution in [0.5, 0.6) is 0 Å². The Hall–Kier alpha value is -2.00. The van der Waals surface area contributed by atoms with Crippen molar-refractivity contribution in [2.45, 2.75) is 6.92 Å². The van der Waals surface area contributed by atoms with Crippen LogP contribution in [-0.4, -0.2) is 12.5 Å². The van der Waals surface area contributed by atoms with Gasteiger partial charge in [-0.2, -0.15) is 0 Å². The molecule has 19 heavy (non-hydrogen) atoms. The Balaban J connectivity index is 2.34. The van der Waals surface area contributed by atoms with Gasteiger partial charge in [-0.3, -0.25) is 4.79 Å². The molecule has 0 unspecified atom stereocenters. The molecule has 4 heteroatoms. The number of halogens is 1. The average molecular weight is 275 g/mol. The van der Waals surface area contributed by atoms with Gasteiger partial charge in [0.05, 0.1) is 0 Å². The number of nitrogen functional groups attached to an aromatic ring is 1. The Morgan fingerprint density at radius 3 is 2.58 bits per heavy atom. The maximum absolute atomic E-state index is 12.5. The van der Waals surface area contributed by atoms with Crippen molar-refractivity contribution < 1.29 is 4.79 Å². The van der Waals surface area contributed by atoms with Crippen LogP contribution >= 0.6 is 11.6 Å². The van der Waals surface area contributed by atoms with Gasteiger partial charge in [-0.15, -0.1) is 0 Å². The van der Waals surface area contributed by atoms with Crippen molar-refractivity contribution in [3.63, 3.8) is 0 Å². The zero-order valence-electron chi connectivity index (χ0n) is 10.6. The summed E-state index contributed by atoms with van der Waals surface area (Å²) >= 11 is 5.92. The number of nitrogens with zero attached hydrogens (tertiary/aromatic N) is 1. The summed E-state index contributed by atoms with van der Waals surface area (Å²) in [5, 5.41) is 0.550. The van der Waals surface area contributed by atoms with E-state index in [0.717, 1.165) is 5.69 Å². The molecule has 0 fully saturated rings. The van der Waals surface area contributed by atoms with Gasteiger partial charge in [0, 0.05) is 28.5 Å². The van der Waals surface area contributed by atoms with Gasteiger partial charge in [0.1, 0.15) is 0 Å². The third kappa shape index (κ3) is 3.06. The Bertz CT molecular complexity index is 598. The first-order valence-electron chi connectivity index (χ1n) is 6.05. The SMILES string of the molecule is CCN(C(=O)c1cccc(Cl)c1)c1cccc(N)c1. The third-order valence-corrected chi connectivity index (χ3v) is 3.05. The number of carbonyl (C=O) groups excluding carboxylic acids is 1. The second-order valence-corrected chi connectivity index (χ2v) is 4.59. The zero-order valence-corrected chi connectivity index (χ0v) is 11.4. The molecule has 0 heterocycles. The summed E-state index contributed by atoms with van der Waals surface area (Å²) < 4.78 is 0. The summed E-state index contributed by atoms with van der Waals surface area (Å²) in [4.78, 5) is 14.1. The van der Waals surface area contributed by atoms with E-state index in [0.29, 0.717) is 22.8 Å². The zero-order chi connectivity index (χ0) is 13.8. The van der Waals surface area contributed by atoms with E-state index in [9.17, 15) is 4.79 Å². The molecule has 0 saturated heterocycles. The van der Waals surface area contributed by atoms with Gasteiger partial charge in [0.15, 0.2) is 0 Å². The fourth-order valence-electron chi connectivity index (χ4n) is 1.91. The molecule has 1 amide bonds. The molecule has 0 aliphatic carbocycles. The highest BCUT2D eigenvalue weighted by molar-refractivity contribution is 6.31. The Morgan fingerprint density at radius 2 is 1.95 bits per heavy atom. The van der Waals surface area contributed by atoms with Crippen LogP contribution in [0.3, 0.4) is 0 Å². The monoisotopic (exact) mass is 274 g/mol. The van der Waals surface area contributed by atoms with Gasteiger partial charge in [0.25, 0.3) is 5.91 Å². The number of amides is 1. The molecule has 0 saturated carbocycles. The van der Waals surface area contributed by atoms with Crippen molar-refractivity contribution in [2.75, 3.05) is 17.2 Å². The van der Waals surface area contributed by atoms with E-state index in [4.69, 9.17) is 17.3 Å². The van der Waals surface area contributed by atoms with Crippen molar-refractivity contribution in [2.24, 2.45) is 0 Å².